The molecule has 1 fully saturated rings. The third kappa shape index (κ3) is 6.47. The van der Waals surface area contributed by atoms with Crippen LogP contribution in [-0.4, -0.2) is 12.3 Å². The molecule has 1 aromatic heterocycles. The highest BCUT2D eigenvalue weighted by molar-refractivity contribution is 7.26. The van der Waals surface area contributed by atoms with Crippen molar-refractivity contribution >= 4 is 100 Å². The smallest absolute Gasteiger partial charge is 0.252 e. The SMILES string of the molecule is Cc1cc2c3c(c1)N(c1cccc4c1sc1ccccc14)c1cc4c(cc1B3c1ccc(N3c5ccc(C(C)(C)C)cc5C5(C)CCCCC35C)cc1N2c1cc2c(cc1C)C(C)(C)CCC2(C)C)C(C)(C)CC4(C)C. The van der Waals surface area contributed by atoms with Crippen LogP contribution in [0.15, 0.2) is 115 Å². The van der Waals surface area contributed by atoms with E-state index in [9.17, 15) is 0 Å². The van der Waals surface area contributed by atoms with Gasteiger partial charge in [-0.3, -0.25) is 0 Å². The summed E-state index contributed by atoms with van der Waals surface area (Å²) in [6.45, 7) is 37.0. The number of nitrogens with zero attached hydrogens (tertiary/aromatic N) is 3. The Bertz CT molecular complexity index is 3840. The molecule has 7 aromatic carbocycles. The number of thiophene rings is 1. The van der Waals surface area contributed by atoms with Crippen molar-refractivity contribution in [2.24, 2.45) is 0 Å². The molecule has 2 unspecified atom stereocenters. The Labute approximate surface area is 458 Å². The van der Waals surface area contributed by atoms with Gasteiger partial charge in [0, 0.05) is 60.7 Å². The van der Waals surface area contributed by atoms with Gasteiger partial charge in [-0.1, -0.05) is 157 Å². The highest BCUT2D eigenvalue weighted by Crippen LogP contribution is 2.62. The summed E-state index contributed by atoms with van der Waals surface area (Å²) in [7, 11) is 0. The van der Waals surface area contributed by atoms with Crippen LogP contribution in [-0.2, 0) is 32.5 Å². The molecule has 0 spiro atoms. The molecule has 0 radical (unpaired) electrons. The fourth-order valence-corrected chi connectivity index (χ4v) is 17.9. The maximum absolute atomic E-state index is 2.83. The summed E-state index contributed by atoms with van der Waals surface area (Å²) >= 11 is 1.95. The third-order valence-corrected chi connectivity index (χ3v) is 22.2. The minimum absolute atomic E-state index is 0.0209. The van der Waals surface area contributed by atoms with Gasteiger partial charge in [0.25, 0.3) is 6.71 Å². The standard InChI is InChI=1S/C71H78BN3S/c1-42-33-60-63-61(34-42)74(57-39-50-48(35-43(57)2)66(6,7)31-32-67(50,8)9)58-37-45(75-55-28-25-44(65(3,4)5)36-52(55)70(14)29-18-19-30-71(70,75)15)26-27-53(58)72(63)54-38-49-51(69(12,13)41-68(49,10)11)40-59(54)73(60)56-23-20-22-47-46-21-16-17-24-62(46)76-64(47)56/h16-17,20-28,33-40H,18-19,29-32,41H2,1-15H3. The van der Waals surface area contributed by atoms with E-state index in [1.54, 1.807) is 0 Å². The van der Waals surface area contributed by atoms with E-state index < -0.39 is 0 Å². The molecule has 76 heavy (non-hydrogen) atoms. The Morgan fingerprint density at radius 1 is 0.487 bits per heavy atom. The molecule has 8 aromatic rings. The van der Waals surface area contributed by atoms with E-state index in [0.717, 1.165) is 6.42 Å². The number of anilines is 8. The Kier molecular flexibility index (Phi) is 9.90. The summed E-state index contributed by atoms with van der Waals surface area (Å²) in [6, 6.07) is 47.1. The minimum Gasteiger partial charge on any atom is -0.334 e. The van der Waals surface area contributed by atoms with Gasteiger partial charge in [-0.2, -0.15) is 0 Å². The van der Waals surface area contributed by atoms with E-state index in [1.807, 2.05) is 11.3 Å². The van der Waals surface area contributed by atoms with E-state index in [4.69, 9.17) is 0 Å². The minimum atomic E-state index is -0.0820. The van der Waals surface area contributed by atoms with Crippen LogP contribution in [0.25, 0.3) is 20.2 Å². The van der Waals surface area contributed by atoms with Crippen molar-refractivity contribution in [2.75, 3.05) is 14.7 Å². The van der Waals surface area contributed by atoms with Crippen LogP contribution in [0, 0.1) is 13.8 Å². The highest BCUT2D eigenvalue weighted by Gasteiger charge is 2.58. The molecular formula is C71H78BN3S. The molecule has 14 rings (SSSR count). The van der Waals surface area contributed by atoms with Crippen LogP contribution in [0.5, 0.6) is 0 Å². The molecule has 4 heterocycles. The maximum Gasteiger partial charge on any atom is 0.252 e. The second-order valence-corrected chi connectivity index (χ2v) is 29.9. The maximum atomic E-state index is 2.83. The molecule has 3 aliphatic heterocycles. The molecule has 0 bridgehead atoms. The van der Waals surface area contributed by atoms with Gasteiger partial charge in [-0.05, 0) is 195 Å². The summed E-state index contributed by atoms with van der Waals surface area (Å²) in [4.78, 5) is 8.31. The first kappa shape index (κ1) is 48.6. The zero-order valence-corrected chi connectivity index (χ0v) is 49.1. The molecule has 5 heteroatoms. The van der Waals surface area contributed by atoms with Crippen molar-refractivity contribution in [3.05, 3.63) is 160 Å². The molecule has 3 nitrogen and oxygen atoms in total. The van der Waals surface area contributed by atoms with E-state index in [1.165, 1.54) is 165 Å². The normalized spacial score (nSPS) is 23.0. The van der Waals surface area contributed by atoms with Crippen molar-refractivity contribution in [3.63, 3.8) is 0 Å². The number of aryl methyl sites for hydroxylation is 2. The van der Waals surface area contributed by atoms with Crippen molar-refractivity contribution in [1.29, 1.82) is 0 Å². The average molecular weight is 1020 g/mol. The lowest BCUT2D eigenvalue weighted by Crippen LogP contribution is -2.61. The molecule has 386 valence electrons. The fourth-order valence-electron chi connectivity index (χ4n) is 16.7. The van der Waals surface area contributed by atoms with Gasteiger partial charge in [0.2, 0.25) is 0 Å². The van der Waals surface area contributed by atoms with E-state index in [-0.39, 0.29) is 44.7 Å². The summed E-state index contributed by atoms with van der Waals surface area (Å²) in [5, 5.41) is 2.67. The largest absolute Gasteiger partial charge is 0.334 e. The third-order valence-electron chi connectivity index (χ3n) is 20.9. The zero-order valence-electron chi connectivity index (χ0n) is 48.2. The van der Waals surface area contributed by atoms with Gasteiger partial charge in [0.05, 0.1) is 15.9 Å². The number of fused-ring (bicyclic) bond motifs is 12. The number of hydrogen-bond acceptors (Lipinski definition) is 4. The number of benzene rings is 7. The summed E-state index contributed by atoms with van der Waals surface area (Å²) in [5.74, 6) is 0. The molecule has 6 aliphatic rings. The Hall–Kier alpha value is -5.78. The second kappa shape index (κ2) is 15.5. The number of rotatable bonds is 3. The molecule has 3 aliphatic carbocycles. The van der Waals surface area contributed by atoms with Gasteiger partial charge >= 0.3 is 0 Å². The van der Waals surface area contributed by atoms with Crippen LogP contribution in [0.3, 0.4) is 0 Å². The summed E-state index contributed by atoms with van der Waals surface area (Å²) < 4.78 is 2.69. The van der Waals surface area contributed by atoms with E-state index in [2.05, 4.69) is 234 Å². The predicted octanol–water partition coefficient (Wildman–Crippen LogP) is 18.1. The average Bonchev–Trinajstić information content (AvgIpc) is 4.06. The topological polar surface area (TPSA) is 9.72 Å². The predicted molar refractivity (Wildman–Crippen MR) is 330 cm³/mol. The van der Waals surface area contributed by atoms with Gasteiger partial charge in [0.1, 0.15) is 0 Å². The number of hydrogen-bond donors (Lipinski definition) is 0. The van der Waals surface area contributed by atoms with Crippen molar-refractivity contribution in [1.82, 2.24) is 0 Å². The molecular weight excluding hydrogens is 938 g/mol. The van der Waals surface area contributed by atoms with Crippen molar-refractivity contribution < 1.29 is 0 Å². The second-order valence-electron chi connectivity index (χ2n) is 28.8. The van der Waals surface area contributed by atoms with Gasteiger partial charge in [0.15, 0.2) is 0 Å². The highest BCUT2D eigenvalue weighted by atomic mass is 32.1. The van der Waals surface area contributed by atoms with E-state index >= 15 is 0 Å². The first-order valence-electron chi connectivity index (χ1n) is 28.9. The van der Waals surface area contributed by atoms with Crippen molar-refractivity contribution in [3.8, 4) is 0 Å². The van der Waals surface area contributed by atoms with Crippen LogP contribution in [0.1, 0.15) is 179 Å². The molecule has 0 amide bonds. The van der Waals surface area contributed by atoms with Crippen LogP contribution < -0.4 is 31.1 Å². The lowest BCUT2D eigenvalue weighted by Gasteiger charge is -2.51. The lowest BCUT2D eigenvalue weighted by atomic mass is 9.33. The van der Waals surface area contributed by atoms with Crippen LogP contribution in [0.4, 0.5) is 45.5 Å². The Morgan fingerprint density at radius 3 is 1.83 bits per heavy atom. The van der Waals surface area contributed by atoms with Crippen molar-refractivity contribution in [2.45, 2.75) is 187 Å². The molecule has 0 N–H and O–H groups in total. The fraction of sp³-hybridized carbons (Fsp3) is 0.408. The van der Waals surface area contributed by atoms with E-state index in [0.29, 0.717) is 0 Å². The van der Waals surface area contributed by atoms with Crippen LogP contribution in [0.2, 0.25) is 0 Å². The summed E-state index contributed by atoms with van der Waals surface area (Å²) in [5.41, 5.74) is 26.6. The monoisotopic (exact) mass is 1020 g/mol. The molecule has 1 saturated carbocycles. The zero-order chi connectivity index (χ0) is 53.2. The Morgan fingerprint density at radius 2 is 1.11 bits per heavy atom. The first-order valence-corrected chi connectivity index (χ1v) is 29.7. The first-order chi connectivity index (χ1) is 35.8. The van der Waals surface area contributed by atoms with Gasteiger partial charge in [-0.25, -0.2) is 0 Å². The van der Waals surface area contributed by atoms with Gasteiger partial charge in [-0.15, -0.1) is 11.3 Å². The van der Waals surface area contributed by atoms with Gasteiger partial charge < -0.3 is 14.7 Å². The Balaban J connectivity index is 1.09. The molecule has 2 atom stereocenters. The quantitative estimate of drug-likeness (QED) is 0.163. The lowest BCUT2D eigenvalue weighted by molar-refractivity contribution is 0.195. The molecule has 0 saturated heterocycles. The summed E-state index contributed by atoms with van der Waals surface area (Å²) in [6.07, 6.45) is 8.38. The van der Waals surface area contributed by atoms with Crippen LogP contribution >= 0.6 is 11.3 Å².